The van der Waals surface area contributed by atoms with E-state index in [1.54, 1.807) is 9.80 Å². The molecule has 0 aromatic heterocycles. The molecule has 2 fully saturated rings. The van der Waals surface area contributed by atoms with E-state index in [-0.39, 0.29) is 18.5 Å². The summed E-state index contributed by atoms with van der Waals surface area (Å²) >= 11 is 0. The van der Waals surface area contributed by atoms with Gasteiger partial charge in [-0.2, -0.15) is 0 Å². The normalized spacial score (nSPS) is 31.2. The lowest BCUT2D eigenvalue weighted by Crippen LogP contribution is -2.46. The molecule has 20 heavy (non-hydrogen) atoms. The second kappa shape index (κ2) is 5.99. The minimum Gasteiger partial charge on any atom is -0.481 e. The Labute approximate surface area is 119 Å². The Morgan fingerprint density at radius 2 is 1.95 bits per heavy atom. The number of carboxylic acid groups (broad SMARTS) is 1. The highest BCUT2D eigenvalue weighted by Gasteiger charge is 2.35. The second-order valence-electron chi connectivity index (χ2n) is 6.21. The van der Waals surface area contributed by atoms with Crippen molar-refractivity contribution >= 4 is 12.0 Å². The molecule has 0 aliphatic carbocycles. The Morgan fingerprint density at radius 1 is 1.20 bits per heavy atom. The van der Waals surface area contributed by atoms with Crippen LogP contribution in [0.5, 0.6) is 0 Å². The fraction of sp³-hybridized carbons (Fsp3) is 0.857. The van der Waals surface area contributed by atoms with Crippen molar-refractivity contribution in [3.63, 3.8) is 0 Å². The maximum atomic E-state index is 12.5. The maximum absolute atomic E-state index is 12.5. The van der Waals surface area contributed by atoms with Gasteiger partial charge in [-0.3, -0.25) is 4.79 Å². The fourth-order valence-corrected chi connectivity index (χ4v) is 3.14. The zero-order valence-electron chi connectivity index (χ0n) is 12.0. The van der Waals surface area contributed by atoms with Crippen molar-refractivity contribution in [3.8, 4) is 0 Å². The third kappa shape index (κ3) is 3.62. The number of carboxylic acids is 1. The van der Waals surface area contributed by atoms with Gasteiger partial charge in [-0.1, -0.05) is 0 Å². The number of carbonyl (C=O) groups excluding carboxylic acids is 1. The number of likely N-dealkylation sites (tertiary alicyclic amines) is 2. The van der Waals surface area contributed by atoms with E-state index < -0.39 is 11.6 Å². The summed E-state index contributed by atoms with van der Waals surface area (Å²) in [6.07, 6.45) is 3.73. The number of hydrogen-bond donors (Lipinski definition) is 2. The summed E-state index contributed by atoms with van der Waals surface area (Å²) in [5.74, 6) is -0.853. The van der Waals surface area contributed by atoms with E-state index in [2.05, 4.69) is 0 Å². The Morgan fingerprint density at radius 3 is 2.65 bits per heavy atom. The first-order valence-corrected chi connectivity index (χ1v) is 7.39. The van der Waals surface area contributed by atoms with Gasteiger partial charge in [0.1, 0.15) is 0 Å². The average molecular weight is 284 g/mol. The Hall–Kier alpha value is -1.30. The minimum absolute atomic E-state index is 0.0251. The predicted octanol–water partition coefficient (Wildman–Crippen LogP) is 1.28. The van der Waals surface area contributed by atoms with Crippen molar-refractivity contribution in [1.82, 2.24) is 9.80 Å². The first-order valence-electron chi connectivity index (χ1n) is 7.39. The van der Waals surface area contributed by atoms with Crippen LogP contribution in [0.3, 0.4) is 0 Å². The lowest BCUT2D eigenvalue weighted by Gasteiger charge is -2.31. The standard InChI is InChI=1S/C14H24N2O4/c1-14(20)5-3-7-15(9-6-14)13(19)16-8-2-4-11(16)10-12(17)18/h11,20H,2-10H2,1H3,(H,17,18). The van der Waals surface area contributed by atoms with Crippen LogP contribution in [0.15, 0.2) is 0 Å². The Kier molecular flexibility index (Phi) is 4.52. The highest BCUT2D eigenvalue weighted by molar-refractivity contribution is 5.76. The van der Waals surface area contributed by atoms with Crippen LogP contribution in [0.1, 0.15) is 45.4 Å². The molecule has 2 unspecified atom stereocenters. The van der Waals surface area contributed by atoms with Gasteiger partial charge in [-0.05, 0) is 39.0 Å². The van der Waals surface area contributed by atoms with Gasteiger partial charge >= 0.3 is 12.0 Å². The van der Waals surface area contributed by atoms with Crippen LogP contribution < -0.4 is 0 Å². The molecule has 6 nitrogen and oxygen atoms in total. The first-order chi connectivity index (χ1) is 9.39. The van der Waals surface area contributed by atoms with Crippen molar-refractivity contribution in [2.45, 2.75) is 57.1 Å². The fourth-order valence-electron chi connectivity index (χ4n) is 3.14. The quantitative estimate of drug-likeness (QED) is 0.800. The molecule has 0 aromatic rings. The topological polar surface area (TPSA) is 81.1 Å². The van der Waals surface area contributed by atoms with Gasteiger partial charge in [0, 0.05) is 25.7 Å². The molecular formula is C14H24N2O4. The van der Waals surface area contributed by atoms with Crippen molar-refractivity contribution in [1.29, 1.82) is 0 Å². The number of rotatable bonds is 2. The summed E-state index contributed by atoms with van der Waals surface area (Å²) in [6, 6.07) is -0.241. The number of urea groups is 1. The third-order valence-electron chi connectivity index (χ3n) is 4.37. The first kappa shape index (κ1) is 15.1. The van der Waals surface area contributed by atoms with Crippen molar-refractivity contribution < 1.29 is 19.8 Å². The highest BCUT2D eigenvalue weighted by atomic mass is 16.4. The van der Waals surface area contributed by atoms with Gasteiger partial charge < -0.3 is 20.0 Å². The zero-order valence-corrected chi connectivity index (χ0v) is 12.0. The van der Waals surface area contributed by atoms with Crippen molar-refractivity contribution in [2.24, 2.45) is 0 Å². The molecular weight excluding hydrogens is 260 g/mol. The van der Waals surface area contributed by atoms with Crippen LogP contribution in [0.25, 0.3) is 0 Å². The van der Waals surface area contributed by atoms with E-state index in [4.69, 9.17) is 5.11 Å². The summed E-state index contributed by atoms with van der Waals surface area (Å²) in [6.45, 7) is 3.64. The molecule has 2 aliphatic heterocycles. The molecule has 2 rings (SSSR count). The van der Waals surface area contributed by atoms with Crippen LogP contribution in [0.2, 0.25) is 0 Å². The van der Waals surface area contributed by atoms with Crippen LogP contribution in [-0.2, 0) is 4.79 Å². The van der Waals surface area contributed by atoms with Gasteiger partial charge in [0.2, 0.25) is 0 Å². The molecule has 2 aliphatic rings. The number of carbonyl (C=O) groups is 2. The van der Waals surface area contributed by atoms with E-state index in [0.717, 1.165) is 19.3 Å². The number of amides is 2. The summed E-state index contributed by atoms with van der Waals surface area (Å²) in [7, 11) is 0. The lowest BCUT2D eigenvalue weighted by molar-refractivity contribution is -0.138. The molecule has 0 aromatic carbocycles. The summed E-state index contributed by atoms with van der Waals surface area (Å²) in [5, 5.41) is 19.0. The SMILES string of the molecule is CC1(O)CCCN(C(=O)N2CCCC2CC(=O)O)CC1. The predicted molar refractivity (Wildman–Crippen MR) is 73.4 cm³/mol. The van der Waals surface area contributed by atoms with Gasteiger partial charge in [0.25, 0.3) is 0 Å². The summed E-state index contributed by atoms with van der Waals surface area (Å²) in [5.41, 5.74) is -0.694. The second-order valence-corrected chi connectivity index (χ2v) is 6.21. The molecule has 0 radical (unpaired) electrons. The Bertz CT molecular complexity index is 383. The van der Waals surface area contributed by atoms with E-state index >= 15 is 0 Å². The molecule has 6 heteroatoms. The number of aliphatic hydroxyl groups is 1. The molecule has 0 bridgehead atoms. The molecule has 114 valence electrons. The van der Waals surface area contributed by atoms with Crippen LogP contribution in [0, 0.1) is 0 Å². The van der Waals surface area contributed by atoms with E-state index in [1.807, 2.05) is 6.92 Å². The van der Waals surface area contributed by atoms with Crippen molar-refractivity contribution in [2.75, 3.05) is 19.6 Å². The highest BCUT2D eigenvalue weighted by Crippen LogP contribution is 2.25. The monoisotopic (exact) mass is 284 g/mol. The third-order valence-corrected chi connectivity index (χ3v) is 4.37. The summed E-state index contributed by atoms with van der Waals surface area (Å²) < 4.78 is 0. The largest absolute Gasteiger partial charge is 0.481 e. The molecule has 0 spiro atoms. The lowest BCUT2D eigenvalue weighted by atomic mass is 9.98. The number of hydrogen-bond acceptors (Lipinski definition) is 3. The van der Waals surface area contributed by atoms with Crippen LogP contribution >= 0.6 is 0 Å². The van der Waals surface area contributed by atoms with E-state index in [0.29, 0.717) is 32.5 Å². The Balaban J connectivity index is 1.97. The van der Waals surface area contributed by atoms with Gasteiger partial charge in [-0.15, -0.1) is 0 Å². The van der Waals surface area contributed by atoms with Gasteiger partial charge in [0.15, 0.2) is 0 Å². The van der Waals surface area contributed by atoms with E-state index in [9.17, 15) is 14.7 Å². The number of aliphatic carboxylic acids is 1. The molecule has 2 N–H and O–H groups in total. The van der Waals surface area contributed by atoms with Gasteiger partial charge in [0.05, 0.1) is 12.0 Å². The minimum atomic E-state index is -0.853. The zero-order chi connectivity index (χ0) is 14.8. The van der Waals surface area contributed by atoms with Crippen LogP contribution in [-0.4, -0.2) is 63.3 Å². The smallest absolute Gasteiger partial charge is 0.320 e. The summed E-state index contributed by atoms with van der Waals surface area (Å²) in [4.78, 5) is 26.9. The molecule has 2 atom stereocenters. The van der Waals surface area contributed by atoms with Crippen molar-refractivity contribution in [3.05, 3.63) is 0 Å². The average Bonchev–Trinajstić information content (AvgIpc) is 2.71. The van der Waals surface area contributed by atoms with Crippen LogP contribution in [0.4, 0.5) is 4.79 Å². The molecule has 2 saturated heterocycles. The molecule has 2 amide bonds. The number of nitrogens with zero attached hydrogens (tertiary/aromatic N) is 2. The maximum Gasteiger partial charge on any atom is 0.320 e. The van der Waals surface area contributed by atoms with E-state index in [1.165, 1.54) is 0 Å². The molecule has 2 heterocycles. The van der Waals surface area contributed by atoms with Gasteiger partial charge in [-0.25, -0.2) is 4.79 Å². The molecule has 0 saturated carbocycles.